The average Bonchev–Trinajstić information content (AvgIpc) is 3.24. The molecule has 2 heterocycles. The Hall–Kier alpha value is -2.60. The van der Waals surface area contributed by atoms with Crippen molar-refractivity contribution in [3.8, 4) is 0 Å². The SMILES string of the molecule is CCN(CC)CCn1ccc2cc(NC(=O)Cc3c(C)nn(CC(C)C)c3C)ccc21. The number of nitrogens with one attached hydrogen (secondary N) is 1. The second-order valence-electron chi connectivity index (χ2n) is 8.76. The van der Waals surface area contributed by atoms with Crippen LogP contribution in [0.1, 0.15) is 44.6 Å². The van der Waals surface area contributed by atoms with Gasteiger partial charge < -0.3 is 14.8 Å². The molecule has 0 spiro atoms. The average molecular weight is 424 g/mol. The van der Waals surface area contributed by atoms with Gasteiger partial charge in [-0.3, -0.25) is 9.48 Å². The van der Waals surface area contributed by atoms with Crippen molar-refractivity contribution in [2.24, 2.45) is 5.92 Å². The van der Waals surface area contributed by atoms with Crippen molar-refractivity contribution >= 4 is 22.5 Å². The molecule has 6 nitrogen and oxygen atoms in total. The number of aromatic nitrogens is 3. The standard InChI is InChI=1S/C25H37N5O/c1-7-28(8-2)13-14-29-12-11-21-15-22(9-10-24(21)29)26-25(31)16-23-19(5)27-30(20(23)6)17-18(3)4/h9-12,15,18H,7-8,13-14,16-17H2,1-6H3,(H,26,31). The Bertz CT molecular complexity index is 1030. The number of fused-ring (bicyclic) bond motifs is 1. The minimum absolute atomic E-state index is 0.00406. The molecule has 1 N–H and O–H groups in total. The Kier molecular flexibility index (Phi) is 7.55. The van der Waals surface area contributed by atoms with E-state index in [1.54, 1.807) is 0 Å². The molecule has 1 amide bonds. The van der Waals surface area contributed by atoms with Gasteiger partial charge in [-0.2, -0.15) is 5.10 Å². The maximum Gasteiger partial charge on any atom is 0.228 e. The number of carbonyl (C=O) groups is 1. The van der Waals surface area contributed by atoms with E-state index in [1.807, 2.05) is 17.7 Å². The number of likely N-dealkylation sites (N-methyl/N-ethyl adjacent to an activating group) is 1. The number of benzene rings is 1. The number of nitrogens with zero attached hydrogens (tertiary/aromatic N) is 4. The second-order valence-corrected chi connectivity index (χ2v) is 8.76. The van der Waals surface area contributed by atoms with Gasteiger partial charge in [-0.1, -0.05) is 27.7 Å². The molecule has 0 atom stereocenters. The summed E-state index contributed by atoms with van der Waals surface area (Å²) in [6.45, 7) is 17.8. The van der Waals surface area contributed by atoms with Gasteiger partial charge in [0.05, 0.1) is 12.1 Å². The summed E-state index contributed by atoms with van der Waals surface area (Å²) in [5.74, 6) is 0.515. The second kappa shape index (κ2) is 10.1. The zero-order chi connectivity index (χ0) is 22.5. The summed E-state index contributed by atoms with van der Waals surface area (Å²) in [7, 11) is 0. The minimum Gasteiger partial charge on any atom is -0.346 e. The topological polar surface area (TPSA) is 55.1 Å². The van der Waals surface area contributed by atoms with E-state index in [1.165, 1.54) is 5.52 Å². The molecule has 0 aliphatic heterocycles. The van der Waals surface area contributed by atoms with Gasteiger partial charge >= 0.3 is 0 Å². The number of carbonyl (C=O) groups excluding carboxylic acids is 1. The molecule has 0 aliphatic rings. The third kappa shape index (κ3) is 5.56. The van der Waals surface area contributed by atoms with Gasteiger partial charge in [-0.15, -0.1) is 0 Å². The van der Waals surface area contributed by atoms with Gasteiger partial charge in [-0.05, 0) is 57.1 Å². The number of hydrogen-bond donors (Lipinski definition) is 1. The number of amides is 1. The van der Waals surface area contributed by atoms with Crippen LogP contribution in [0.2, 0.25) is 0 Å². The van der Waals surface area contributed by atoms with Crippen LogP contribution in [0.3, 0.4) is 0 Å². The molecular formula is C25H37N5O. The Morgan fingerprint density at radius 3 is 2.58 bits per heavy atom. The Morgan fingerprint density at radius 2 is 1.90 bits per heavy atom. The fourth-order valence-electron chi connectivity index (χ4n) is 4.14. The van der Waals surface area contributed by atoms with Crippen LogP contribution in [0.15, 0.2) is 30.5 Å². The highest BCUT2D eigenvalue weighted by Crippen LogP contribution is 2.22. The molecule has 0 saturated carbocycles. The summed E-state index contributed by atoms with van der Waals surface area (Å²) in [5, 5.41) is 8.85. The molecule has 3 rings (SSSR count). The third-order valence-electron chi connectivity index (χ3n) is 6.01. The first-order chi connectivity index (χ1) is 14.8. The van der Waals surface area contributed by atoms with Crippen LogP contribution in [-0.4, -0.2) is 44.8 Å². The largest absolute Gasteiger partial charge is 0.346 e. The first-order valence-corrected chi connectivity index (χ1v) is 11.5. The fourth-order valence-corrected chi connectivity index (χ4v) is 4.14. The van der Waals surface area contributed by atoms with E-state index in [0.29, 0.717) is 12.3 Å². The van der Waals surface area contributed by atoms with Crippen molar-refractivity contribution in [3.63, 3.8) is 0 Å². The van der Waals surface area contributed by atoms with Crippen LogP contribution in [0.5, 0.6) is 0 Å². The minimum atomic E-state index is -0.00406. The summed E-state index contributed by atoms with van der Waals surface area (Å²) in [4.78, 5) is 15.2. The highest BCUT2D eigenvalue weighted by atomic mass is 16.1. The van der Waals surface area contributed by atoms with Crippen molar-refractivity contribution < 1.29 is 4.79 Å². The van der Waals surface area contributed by atoms with Crippen molar-refractivity contribution in [3.05, 3.63) is 47.4 Å². The van der Waals surface area contributed by atoms with E-state index < -0.39 is 0 Å². The van der Waals surface area contributed by atoms with E-state index in [9.17, 15) is 4.79 Å². The van der Waals surface area contributed by atoms with E-state index >= 15 is 0 Å². The lowest BCUT2D eigenvalue weighted by atomic mass is 10.1. The molecule has 0 saturated heterocycles. The Morgan fingerprint density at radius 1 is 1.16 bits per heavy atom. The molecule has 0 fully saturated rings. The molecule has 0 radical (unpaired) electrons. The first-order valence-electron chi connectivity index (χ1n) is 11.5. The van der Waals surface area contributed by atoms with Crippen molar-refractivity contribution in [1.29, 1.82) is 0 Å². The predicted molar refractivity (Wildman–Crippen MR) is 129 cm³/mol. The first kappa shape index (κ1) is 23.1. The van der Waals surface area contributed by atoms with Crippen LogP contribution < -0.4 is 5.32 Å². The predicted octanol–water partition coefficient (Wildman–Crippen LogP) is 4.63. The lowest BCUT2D eigenvalue weighted by molar-refractivity contribution is -0.115. The zero-order valence-corrected chi connectivity index (χ0v) is 19.9. The molecule has 6 heteroatoms. The maximum absolute atomic E-state index is 12.7. The van der Waals surface area contributed by atoms with Crippen LogP contribution >= 0.6 is 0 Å². The van der Waals surface area contributed by atoms with Gasteiger partial charge in [0.2, 0.25) is 5.91 Å². The monoisotopic (exact) mass is 423 g/mol. The van der Waals surface area contributed by atoms with E-state index in [4.69, 9.17) is 0 Å². The Balaban J connectivity index is 1.67. The van der Waals surface area contributed by atoms with E-state index in [2.05, 4.69) is 78.9 Å². The van der Waals surface area contributed by atoms with Gasteiger partial charge in [0.1, 0.15) is 0 Å². The summed E-state index contributed by atoms with van der Waals surface area (Å²) in [6.07, 6.45) is 2.48. The fraction of sp³-hybridized carbons (Fsp3) is 0.520. The molecule has 168 valence electrons. The number of aryl methyl sites for hydroxylation is 1. The Labute approximate surface area is 186 Å². The highest BCUT2D eigenvalue weighted by Gasteiger charge is 2.16. The van der Waals surface area contributed by atoms with E-state index in [-0.39, 0.29) is 5.91 Å². The van der Waals surface area contributed by atoms with Gasteiger partial charge in [0.15, 0.2) is 0 Å². The smallest absolute Gasteiger partial charge is 0.228 e. The van der Waals surface area contributed by atoms with Gasteiger partial charge in [0.25, 0.3) is 0 Å². The summed E-state index contributed by atoms with van der Waals surface area (Å²) < 4.78 is 4.31. The molecule has 0 bridgehead atoms. The van der Waals surface area contributed by atoms with Crippen molar-refractivity contribution in [1.82, 2.24) is 19.2 Å². The quantitative estimate of drug-likeness (QED) is 0.517. The summed E-state index contributed by atoms with van der Waals surface area (Å²) >= 11 is 0. The number of hydrogen-bond acceptors (Lipinski definition) is 3. The van der Waals surface area contributed by atoms with Crippen LogP contribution in [0.25, 0.3) is 10.9 Å². The number of rotatable bonds is 10. The summed E-state index contributed by atoms with van der Waals surface area (Å²) in [5.41, 5.74) is 5.09. The lowest BCUT2D eigenvalue weighted by Gasteiger charge is -2.18. The number of anilines is 1. The third-order valence-corrected chi connectivity index (χ3v) is 6.01. The molecule has 0 aliphatic carbocycles. The van der Waals surface area contributed by atoms with Gasteiger partial charge in [0, 0.05) is 53.7 Å². The maximum atomic E-state index is 12.7. The zero-order valence-electron chi connectivity index (χ0n) is 19.9. The van der Waals surface area contributed by atoms with Crippen molar-refractivity contribution in [2.45, 2.75) is 61.1 Å². The highest BCUT2D eigenvalue weighted by molar-refractivity contribution is 5.95. The van der Waals surface area contributed by atoms with Crippen LogP contribution in [-0.2, 0) is 24.3 Å². The van der Waals surface area contributed by atoms with Crippen LogP contribution in [0, 0.1) is 19.8 Å². The molecule has 0 unspecified atom stereocenters. The molecular weight excluding hydrogens is 386 g/mol. The molecule has 3 aromatic rings. The van der Waals surface area contributed by atoms with Crippen molar-refractivity contribution in [2.75, 3.05) is 25.0 Å². The molecule has 1 aromatic carbocycles. The van der Waals surface area contributed by atoms with Crippen LogP contribution in [0.4, 0.5) is 5.69 Å². The molecule has 31 heavy (non-hydrogen) atoms. The summed E-state index contributed by atoms with van der Waals surface area (Å²) in [6, 6.07) is 8.28. The molecule has 2 aromatic heterocycles. The van der Waals surface area contributed by atoms with E-state index in [0.717, 1.165) is 60.7 Å². The lowest BCUT2D eigenvalue weighted by Crippen LogP contribution is -2.26. The normalized spacial score (nSPS) is 11.7. The van der Waals surface area contributed by atoms with Gasteiger partial charge in [-0.25, -0.2) is 0 Å².